The van der Waals surface area contributed by atoms with Gasteiger partial charge in [0.15, 0.2) is 5.96 Å². The number of ether oxygens (including phenoxy) is 1. The van der Waals surface area contributed by atoms with Crippen LogP contribution in [0, 0.1) is 6.92 Å². The van der Waals surface area contributed by atoms with Crippen molar-refractivity contribution in [2.45, 2.75) is 26.8 Å². The molecule has 0 amide bonds. The Labute approximate surface area is 167 Å². The number of piperazine rings is 1. The summed E-state index contributed by atoms with van der Waals surface area (Å²) in [6, 6.07) is 8.30. The molecule has 7 nitrogen and oxygen atoms in total. The second kappa shape index (κ2) is 10.1. The Morgan fingerprint density at radius 1 is 1.25 bits per heavy atom. The molecule has 1 aromatic carbocycles. The SMILES string of the molecule is CCNC(=NCCc1ccc(C)c(OC)c1)N1CCN(Cc2ccon2)CC1. The fourth-order valence-corrected chi connectivity index (χ4v) is 3.40. The van der Waals surface area contributed by atoms with Crippen LogP contribution in [0.2, 0.25) is 0 Å². The predicted octanol–water partition coefficient (Wildman–Crippen LogP) is 2.32. The standard InChI is InChI=1S/C21H31N5O2/c1-4-22-21(23-9-7-18-6-5-17(2)20(15-18)27-3)26-12-10-25(11-13-26)16-19-8-14-28-24-19/h5-6,8,14-15H,4,7,9-13,16H2,1-3H3,(H,22,23). The van der Waals surface area contributed by atoms with Crippen LogP contribution in [0.3, 0.4) is 0 Å². The first-order valence-electron chi connectivity index (χ1n) is 9.98. The molecule has 3 rings (SSSR count). The Morgan fingerprint density at radius 2 is 2.07 bits per heavy atom. The fourth-order valence-electron chi connectivity index (χ4n) is 3.40. The molecule has 1 N–H and O–H groups in total. The van der Waals surface area contributed by atoms with E-state index in [1.54, 1.807) is 13.4 Å². The van der Waals surface area contributed by atoms with E-state index in [1.165, 1.54) is 5.56 Å². The van der Waals surface area contributed by atoms with Gasteiger partial charge < -0.3 is 19.5 Å². The van der Waals surface area contributed by atoms with E-state index in [4.69, 9.17) is 14.3 Å². The molecule has 0 spiro atoms. The number of hydrogen-bond acceptors (Lipinski definition) is 5. The van der Waals surface area contributed by atoms with Crippen molar-refractivity contribution in [3.05, 3.63) is 47.3 Å². The van der Waals surface area contributed by atoms with Gasteiger partial charge in [-0.15, -0.1) is 0 Å². The molecule has 1 aromatic heterocycles. The maximum Gasteiger partial charge on any atom is 0.194 e. The number of hydrogen-bond donors (Lipinski definition) is 1. The number of nitrogens with one attached hydrogen (secondary N) is 1. The lowest BCUT2D eigenvalue weighted by Crippen LogP contribution is -2.52. The molecule has 0 atom stereocenters. The predicted molar refractivity (Wildman–Crippen MR) is 111 cm³/mol. The monoisotopic (exact) mass is 385 g/mol. The molecule has 2 aromatic rings. The molecule has 1 aliphatic heterocycles. The van der Waals surface area contributed by atoms with Crippen molar-refractivity contribution in [1.82, 2.24) is 20.3 Å². The van der Waals surface area contributed by atoms with E-state index in [0.29, 0.717) is 0 Å². The normalized spacial score (nSPS) is 15.7. The summed E-state index contributed by atoms with van der Waals surface area (Å²) in [5, 5.41) is 7.44. The Bertz CT molecular complexity index is 752. The van der Waals surface area contributed by atoms with Crippen molar-refractivity contribution in [2.75, 3.05) is 46.4 Å². The molecule has 2 heterocycles. The first kappa shape index (κ1) is 20.2. The summed E-state index contributed by atoms with van der Waals surface area (Å²) < 4.78 is 10.3. The van der Waals surface area contributed by atoms with Crippen LogP contribution in [0.1, 0.15) is 23.7 Å². The minimum atomic E-state index is 0.758. The number of aromatic nitrogens is 1. The smallest absolute Gasteiger partial charge is 0.194 e. The zero-order valence-electron chi connectivity index (χ0n) is 17.1. The molecular weight excluding hydrogens is 354 g/mol. The minimum absolute atomic E-state index is 0.758. The van der Waals surface area contributed by atoms with E-state index in [9.17, 15) is 0 Å². The summed E-state index contributed by atoms with van der Waals surface area (Å²) in [6.45, 7) is 10.5. The van der Waals surface area contributed by atoms with Crippen molar-refractivity contribution in [3.63, 3.8) is 0 Å². The van der Waals surface area contributed by atoms with Crippen LogP contribution in [-0.4, -0.2) is 67.3 Å². The lowest BCUT2D eigenvalue weighted by atomic mass is 10.1. The van der Waals surface area contributed by atoms with Gasteiger partial charge in [-0.05, 0) is 37.5 Å². The van der Waals surface area contributed by atoms with E-state index in [-0.39, 0.29) is 0 Å². The third-order valence-electron chi connectivity index (χ3n) is 5.02. The number of methoxy groups -OCH3 is 1. The van der Waals surface area contributed by atoms with Gasteiger partial charge in [0.2, 0.25) is 0 Å². The first-order chi connectivity index (χ1) is 13.7. The summed E-state index contributed by atoms with van der Waals surface area (Å²) in [7, 11) is 1.72. The third kappa shape index (κ3) is 5.48. The highest BCUT2D eigenvalue weighted by Gasteiger charge is 2.20. The molecule has 0 bridgehead atoms. The van der Waals surface area contributed by atoms with E-state index in [2.05, 4.69) is 52.3 Å². The van der Waals surface area contributed by atoms with Crippen LogP contribution in [0.5, 0.6) is 5.75 Å². The van der Waals surface area contributed by atoms with Crippen LogP contribution in [0.15, 0.2) is 40.0 Å². The molecule has 1 fully saturated rings. The van der Waals surface area contributed by atoms with Crippen LogP contribution >= 0.6 is 0 Å². The van der Waals surface area contributed by atoms with Crippen LogP contribution < -0.4 is 10.1 Å². The first-order valence-corrected chi connectivity index (χ1v) is 9.98. The lowest BCUT2D eigenvalue weighted by molar-refractivity contribution is 0.169. The minimum Gasteiger partial charge on any atom is -0.496 e. The van der Waals surface area contributed by atoms with E-state index < -0.39 is 0 Å². The van der Waals surface area contributed by atoms with Crippen LogP contribution in [-0.2, 0) is 13.0 Å². The average molecular weight is 386 g/mol. The van der Waals surface area contributed by atoms with Gasteiger partial charge in [-0.1, -0.05) is 17.3 Å². The maximum absolute atomic E-state index is 5.42. The number of rotatable bonds is 7. The van der Waals surface area contributed by atoms with Gasteiger partial charge in [0, 0.05) is 51.9 Å². The second-order valence-electron chi connectivity index (χ2n) is 7.04. The summed E-state index contributed by atoms with van der Waals surface area (Å²) in [4.78, 5) is 9.60. The molecule has 0 unspecified atom stereocenters. The van der Waals surface area contributed by atoms with E-state index in [1.807, 2.05) is 6.07 Å². The Hall–Kier alpha value is -2.54. The molecule has 152 valence electrons. The summed E-state index contributed by atoms with van der Waals surface area (Å²) in [5.41, 5.74) is 3.40. The summed E-state index contributed by atoms with van der Waals surface area (Å²) in [5.74, 6) is 1.94. The molecule has 28 heavy (non-hydrogen) atoms. The van der Waals surface area contributed by atoms with Crippen LogP contribution in [0.25, 0.3) is 0 Å². The van der Waals surface area contributed by atoms with Gasteiger partial charge in [0.25, 0.3) is 0 Å². The number of aryl methyl sites for hydroxylation is 1. The highest BCUT2D eigenvalue weighted by atomic mass is 16.5. The second-order valence-corrected chi connectivity index (χ2v) is 7.04. The van der Waals surface area contributed by atoms with Gasteiger partial charge in [0.1, 0.15) is 12.0 Å². The van der Waals surface area contributed by atoms with Crippen molar-refractivity contribution < 1.29 is 9.26 Å². The van der Waals surface area contributed by atoms with Gasteiger partial charge in [0.05, 0.1) is 12.8 Å². The van der Waals surface area contributed by atoms with Gasteiger partial charge >= 0.3 is 0 Å². The molecule has 1 aliphatic rings. The number of guanidine groups is 1. The third-order valence-corrected chi connectivity index (χ3v) is 5.02. The highest BCUT2D eigenvalue weighted by Crippen LogP contribution is 2.19. The lowest BCUT2D eigenvalue weighted by Gasteiger charge is -2.36. The van der Waals surface area contributed by atoms with E-state index >= 15 is 0 Å². The molecule has 7 heteroatoms. The Morgan fingerprint density at radius 3 is 2.75 bits per heavy atom. The summed E-state index contributed by atoms with van der Waals surface area (Å²) in [6.07, 6.45) is 2.53. The molecular formula is C21H31N5O2. The fraction of sp³-hybridized carbons (Fsp3) is 0.524. The molecule has 0 saturated carbocycles. The van der Waals surface area contributed by atoms with Gasteiger partial charge in [-0.2, -0.15) is 0 Å². The average Bonchev–Trinajstić information content (AvgIpc) is 3.22. The zero-order valence-corrected chi connectivity index (χ0v) is 17.1. The largest absolute Gasteiger partial charge is 0.496 e. The molecule has 1 saturated heterocycles. The number of aliphatic imine (C=N–C) groups is 1. The zero-order chi connectivity index (χ0) is 19.8. The molecule has 0 aliphatic carbocycles. The van der Waals surface area contributed by atoms with Crippen LogP contribution in [0.4, 0.5) is 0 Å². The molecule has 0 radical (unpaired) electrons. The van der Waals surface area contributed by atoms with Gasteiger partial charge in [-0.25, -0.2) is 0 Å². The van der Waals surface area contributed by atoms with E-state index in [0.717, 1.165) is 75.2 Å². The summed E-state index contributed by atoms with van der Waals surface area (Å²) >= 11 is 0. The van der Waals surface area contributed by atoms with Crippen molar-refractivity contribution in [3.8, 4) is 5.75 Å². The number of benzene rings is 1. The van der Waals surface area contributed by atoms with Gasteiger partial charge in [-0.3, -0.25) is 9.89 Å². The highest BCUT2D eigenvalue weighted by molar-refractivity contribution is 5.80. The maximum atomic E-state index is 5.42. The quantitative estimate of drug-likeness (QED) is 0.583. The Kier molecular flexibility index (Phi) is 7.31. The van der Waals surface area contributed by atoms with Crippen molar-refractivity contribution in [1.29, 1.82) is 0 Å². The Balaban J connectivity index is 1.53. The van der Waals surface area contributed by atoms with Crippen molar-refractivity contribution >= 4 is 5.96 Å². The van der Waals surface area contributed by atoms with Crippen molar-refractivity contribution in [2.24, 2.45) is 4.99 Å². The topological polar surface area (TPSA) is 66.1 Å². The number of nitrogens with zero attached hydrogens (tertiary/aromatic N) is 4.